The predicted octanol–water partition coefficient (Wildman–Crippen LogP) is 3.50. The number of carbonyl (C=O) groups is 1. The third-order valence-electron chi connectivity index (χ3n) is 5.90. The van der Waals surface area contributed by atoms with Gasteiger partial charge in [-0.25, -0.2) is 14.1 Å². The minimum absolute atomic E-state index is 0.0529. The Balaban J connectivity index is 1.37. The van der Waals surface area contributed by atoms with Gasteiger partial charge in [0.15, 0.2) is 0 Å². The molecule has 1 saturated heterocycles. The van der Waals surface area contributed by atoms with Gasteiger partial charge >= 0.3 is 6.18 Å². The summed E-state index contributed by atoms with van der Waals surface area (Å²) < 4.78 is 60.1. The molecule has 11 heteroatoms. The first-order chi connectivity index (χ1) is 15.3. The maximum absolute atomic E-state index is 14.7. The van der Waals surface area contributed by atoms with E-state index in [2.05, 4.69) is 15.3 Å². The van der Waals surface area contributed by atoms with Gasteiger partial charge in [0, 0.05) is 18.8 Å². The number of fused-ring (bicyclic) bond motifs is 2. The normalized spacial score (nSPS) is 22.4. The fourth-order valence-corrected chi connectivity index (χ4v) is 4.49. The molecule has 2 bridgehead atoms. The lowest BCUT2D eigenvalue weighted by Crippen LogP contribution is -2.47. The smallest absolute Gasteiger partial charge is 0.417 e. The van der Waals surface area contributed by atoms with E-state index in [1.165, 1.54) is 35.3 Å². The van der Waals surface area contributed by atoms with Gasteiger partial charge in [-0.1, -0.05) is 11.3 Å². The number of nitrogens with zero attached hydrogens (tertiary/aromatic N) is 5. The molecule has 1 aliphatic carbocycles. The Morgan fingerprint density at radius 1 is 1.16 bits per heavy atom. The van der Waals surface area contributed by atoms with E-state index in [1.54, 1.807) is 11.0 Å². The van der Waals surface area contributed by atoms with Crippen LogP contribution >= 0.6 is 0 Å². The first-order valence-corrected chi connectivity index (χ1v) is 9.97. The van der Waals surface area contributed by atoms with Gasteiger partial charge in [-0.3, -0.25) is 4.79 Å². The van der Waals surface area contributed by atoms with Crippen molar-refractivity contribution in [1.29, 1.82) is 0 Å². The van der Waals surface area contributed by atoms with Crippen LogP contribution in [0.4, 0.5) is 17.6 Å². The molecule has 3 heterocycles. The van der Waals surface area contributed by atoms with Gasteiger partial charge in [-0.05, 0) is 37.0 Å². The van der Waals surface area contributed by atoms with Gasteiger partial charge in [0.25, 0.3) is 5.91 Å². The first kappa shape index (κ1) is 20.4. The van der Waals surface area contributed by atoms with Crippen molar-refractivity contribution in [3.63, 3.8) is 0 Å². The molecule has 5 rings (SSSR count). The lowest BCUT2D eigenvalue weighted by molar-refractivity contribution is -0.137. The monoisotopic (exact) mass is 447 g/mol. The number of amides is 1. The molecule has 3 unspecified atom stereocenters. The average Bonchev–Trinajstić information content (AvgIpc) is 3.50. The fourth-order valence-electron chi connectivity index (χ4n) is 4.49. The van der Waals surface area contributed by atoms with Crippen LogP contribution in [-0.4, -0.2) is 49.5 Å². The van der Waals surface area contributed by atoms with Crippen molar-refractivity contribution in [3.8, 4) is 11.6 Å². The largest absolute Gasteiger partial charge is 0.472 e. The maximum atomic E-state index is 14.7. The highest BCUT2D eigenvalue weighted by atomic mass is 19.4. The Morgan fingerprint density at radius 2 is 2.00 bits per heavy atom. The van der Waals surface area contributed by atoms with E-state index in [0.29, 0.717) is 19.4 Å². The Morgan fingerprint density at radius 3 is 2.66 bits per heavy atom. The molecule has 32 heavy (non-hydrogen) atoms. The second-order valence-electron chi connectivity index (χ2n) is 7.88. The van der Waals surface area contributed by atoms with Crippen molar-refractivity contribution < 1.29 is 27.1 Å². The standard InChI is InChI=1S/C21H17F4N5O2/c22-14-2-1-3-15(30-7-6-27-28-30)19(14)20(31)29-11-12-8-16(29)17(9-12)32-18-5-4-13(10-26-18)21(23,24)25/h1-7,10,12,16-17H,8-9,11H2. The van der Waals surface area contributed by atoms with Gasteiger partial charge in [-0.2, -0.15) is 13.2 Å². The van der Waals surface area contributed by atoms with Crippen molar-refractivity contribution in [2.75, 3.05) is 6.54 Å². The van der Waals surface area contributed by atoms with E-state index in [1.807, 2.05) is 0 Å². The summed E-state index contributed by atoms with van der Waals surface area (Å²) in [6.07, 6.45) is 0.0531. The van der Waals surface area contributed by atoms with E-state index < -0.39 is 29.6 Å². The van der Waals surface area contributed by atoms with Crippen LogP contribution in [0.1, 0.15) is 28.8 Å². The predicted molar refractivity (Wildman–Crippen MR) is 103 cm³/mol. The summed E-state index contributed by atoms with van der Waals surface area (Å²) in [5, 5.41) is 7.57. The zero-order chi connectivity index (χ0) is 22.5. The Hall–Kier alpha value is -3.50. The quantitative estimate of drug-likeness (QED) is 0.573. The number of hydrogen-bond donors (Lipinski definition) is 0. The number of halogens is 4. The van der Waals surface area contributed by atoms with E-state index in [9.17, 15) is 22.4 Å². The number of pyridine rings is 1. The average molecular weight is 447 g/mol. The molecule has 1 saturated carbocycles. The van der Waals surface area contributed by atoms with Crippen LogP contribution in [0.25, 0.3) is 5.69 Å². The van der Waals surface area contributed by atoms with Gasteiger partial charge in [0.1, 0.15) is 17.5 Å². The van der Waals surface area contributed by atoms with E-state index >= 15 is 0 Å². The molecular formula is C21H17F4N5O2. The van der Waals surface area contributed by atoms with Crippen molar-refractivity contribution >= 4 is 5.91 Å². The lowest BCUT2D eigenvalue weighted by atomic mass is 10.0. The second kappa shape index (κ2) is 7.57. The summed E-state index contributed by atoms with van der Waals surface area (Å²) in [5.74, 6) is -0.954. The van der Waals surface area contributed by atoms with Gasteiger partial charge in [0.2, 0.25) is 5.88 Å². The number of piperidine rings is 1. The van der Waals surface area contributed by atoms with Crippen LogP contribution in [0.2, 0.25) is 0 Å². The lowest BCUT2D eigenvalue weighted by Gasteiger charge is -2.33. The number of aromatic nitrogens is 4. The fraction of sp³-hybridized carbons (Fsp3) is 0.333. The highest BCUT2D eigenvalue weighted by molar-refractivity contribution is 5.98. The summed E-state index contributed by atoms with van der Waals surface area (Å²) in [7, 11) is 0. The maximum Gasteiger partial charge on any atom is 0.417 e. The molecule has 166 valence electrons. The van der Waals surface area contributed by atoms with Crippen LogP contribution in [0.3, 0.4) is 0 Å². The SMILES string of the molecule is O=C(c1c(F)cccc1-n1ccnn1)N1CC2CC(Oc3ccc(C(F)(F)F)cn3)C1C2. The van der Waals surface area contributed by atoms with Crippen LogP contribution in [0, 0.1) is 11.7 Å². The number of carbonyl (C=O) groups excluding carboxylic acids is 1. The highest BCUT2D eigenvalue weighted by Gasteiger charge is 2.49. The van der Waals surface area contributed by atoms with Crippen molar-refractivity contribution in [3.05, 3.63) is 65.9 Å². The third-order valence-corrected chi connectivity index (χ3v) is 5.90. The molecule has 2 aliphatic rings. The second-order valence-corrected chi connectivity index (χ2v) is 7.88. The summed E-state index contributed by atoms with van der Waals surface area (Å²) >= 11 is 0. The molecule has 0 radical (unpaired) electrons. The molecule has 3 aromatic rings. The molecule has 0 spiro atoms. The molecule has 2 aromatic heterocycles. The molecule has 2 fully saturated rings. The van der Waals surface area contributed by atoms with E-state index in [-0.39, 0.29) is 29.1 Å². The third kappa shape index (κ3) is 3.57. The van der Waals surface area contributed by atoms with E-state index in [0.717, 1.165) is 12.3 Å². The molecule has 0 N–H and O–H groups in total. The van der Waals surface area contributed by atoms with Crippen molar-refractivity contribution in [2.45, 2.75) is 31.2 Å². The number of ether oxygens (including phenoxy) is 1. The number of rotatable bonds is 4. The molecule has 3 atom stereocenters. The Labute approximate surface area is 179 Å². The van der Waals surface area contributed by atoms with E-state index in [4.69, 9.17) is 4.74 Å². The molecular weight excluding hydrogens is 430 g/mol. The first-order valence-electron chi connectivity index (χ1n) is 9.97. The zero-order valence-corrected chi connectivity index (χ0v) is 16.5. The Bertz CT molecular complexity index is 1130. The molecule has 1 aromatic carbocycles. The molecule has 1 amide bonds. The highest BCUT2D eigenvalue weighted by Crippen LogP contribution is 2.41. The summed E-state index contributed by atoms with van der Waals surface area (Å²) in [4.78, 5) is 18.7. The van der Waals surface area contributed by atoms with Gasteiger partial charge in [0.05, 0.1) is 29.7 Å². The number of likely N-dealkylation sites (tertiary alicyclic amines) is 1. The van der Waals surface area contributed by atoms with Crippen LogP contribution in [0.5, 0.6) is 5.88 Å². The number of benzene rings is 1. The molecule has 1 aliphatic heterocycles. The van der Waals surface area contributed by atoms with Crippen LogP contribution in [0.15, 0.2) is 48.9 Å². The summed E-state index contributed by atoms with van der Waals surface area (Å²) in [6, 6.07) is 6.02. The minimum Gasteiger partial charge on any atom is -0.472 e. The van der Waals surface area contributed by atoms with Gasteiger partial charge < -0.3 is 9.64 Å². The zero-order valence-electron chi connectivity index (χ0n) is 16.5. The summed E-state index contributed by atoms with van der Waals surface area (Å²) in [5.41, 5.74) is -0.705. The Kier molecular flexibility index (Phi) is 4.83. The minimum atomic E-state index is -4.48. The van der Waals surface area contributed by atoms with Gasteiger partial charge in [-0.15, -0.1) is 5.10 Å². The van der Waals surface area contributed by atoms with Crippen molar-refractivity contribution in [1.82, 2.24) is 24.9 Å². The van der Waals surface area contributed by atoms with Crippen LogP contribution < -0.4 is 4.74 Å². The summed E-state index contributed by atoms with van der Waals surface area (Å²) in [6.45, 7) is 0.453. The van der Waals surface area contributed by atoms with Crippen molar-refractivity contribution in [2.24, 2.45) is 5.92 Å². The van der Waals surface area contributed by atoms with Crippen LogP contribution in [-0.2, 0) is 6.18 Å². The topological polar surface area (TPSA) is 73.1 Å². The number of alkyl halides is 3. The number of hydrogen-bond acceptors (Lipinski definition) is 5. The molecule has 7 nitrogen and oxygen atoms in total.